The number of aliphatic imine (C=N–C) groups is 1. The van der Waals surface area contributed by atoms with Crippen molar-refractivity contribution in [2.75, 3.05) is 25.5 Å². The smallest absolute Gasteiger partial charge is 0.258 e. The van der Waals surface area contributed by atoms with Crippen molar-refractivity contribution < 1.29 is 9.47 Å². The lowest BCUT2D eigenvalue weighted by molar-refractivity contribution is -0.0944. The Morgan fingerprint density at radius 2 is 1.94 bits per heavy atom. The van der Waals surface area contributed by atoms with E-state index in [1.54, 1.807) is 22.9 Å². The van der Waals surface area contributed by atoms with Crippen LogP contribution in [0.2, 0.25) is 5.02 Å². The van der Waals surface area contributed by atoms with E-state index in [1.807, 2.05) is 43.3 Å². The molecule has 1 aliphatic heterocycles. The second-order valence-electron chi connectivity index (χ2n) is 8.46. The molecule has 0 saturated carbocycles. The fraction of sp³-hybridized carbons (Fsp3) is 0.280. The molecule has 4 rings (SSSR count). The van der Waals surface area contributed by atoms with Crippen LogP contribution in [0.25, 0.3) is 5.69 Å². The van der Waals surface area contributed by atoms with E-state index in [0.717, 1.165) is 35.7 Å². The Bertz CT molecular complexity index is 1200. The van der Waals surface area contributed by atoms with Crippen molar-refractivity contribution in [1.82, 2.24) is 4.57 Å². The van der Waals surface area contributed by atoms with E-state index in [2.05, 4.69) is 6.92 Å². The lowest BCUT2D eigenvalue weighted by atomic mass is 9.89. The number of nitrogens with two attached hydrogens (primary N) is 1. The minimum atomic E-state index is -0.192. The van der Waals surface area contributed by atoms with E-state index < -0.39 is 0 Å². The number of nitrogens with zero attached hydrogens (tertiary/aromatic N) is 2. The first-order chi connectivity index (χ1) is 15.3. The normalized spacial score (nSPS) is 15.3. The second-order valence-corrected chi connectivity index (χ2v) is 8.90. The molecule has 2 heterocycles. The number of ether oxygens (including phenoxy) is 2. The van der Waals surface area contributed by atoms with Crippen molar-refractivity contribution in [3.63, 3.8) is 0 Å². The highest BCUT2D eigenvalue weighted by Crippen LogP contribution is 2.27. The van der Waals surface area contributed by atoms with E-state index in [0.29, 0.717) is 29.6 Å². The molecule has 0 amide bonds. The van der Waals surface area contributed by atoms with Crippen molar-refractivity contribution in [2.45, 2.75) is 20.5 Å². The molecular weight excluding hydrogens is 426 g/mol. The lowest BCUT2D eigenvalue weighted by Gasteiger charge is -2.36. The number of hydrogen-bond donors (Lipinski definition) is 1. The van der Waals surface area contributed by atoms with Crippen LogP contribution in [0.3, 0.4) is 0 Å². The van der Waals surface area contributed by atoms with E-state index in [9.17, 15) is 4.79 Å². The van der Waals surface area contributed by atoms with Crippen LogP contribution in [0, 0.1) is 5.41 Å². The molecule has 0 atom stereocenters. The highest BCUT2D eigenvalue weighted by atomic mass is 35.5. The molecule has 166 valence electrons. The molecule has 0 aliphatic carbocycles. The summed E-state index contributed by atoms with van der Waals surface area (Å²) >= 11 is 5.91. The summed E-state index contributed by atoms with van der Waals surface area (Å²) in [5.41, 5.74) is 10.1. The van der Waals surface area contributed by atoms with Crippen molar-refractivity contribution in [3.05, 3.63) is 87.3 Å². The maximum absolute atomic E-state index is 12.8. The zero-order valence-corrected chi connectivity index (χ0v) is 18.9. The van der Waals surface area contributed by atoms with Crippen LogP contribution in [0.1, 0.15) is 25.0 Å². The van der Waals surface area contributed by atoms with Gasteiger partial charge in [0.25, 0.3) is 5.56 Å². The summed E-state index contributed by atoms with van der Waals surface area (Å²) < 4.78 is 12.6. The molecule has 7 heteroatoms. The molecular formula is C25H26ClN3O3. The average Bonchev–Trinajstić information content (AvgIpc) is 2.76. The highest BCUT2D eigenvalue weighted by molar-refractivity contribution is 6.30. The predicted molar refractivity (Wildman–Crippen MR) is 128 cm³/mol. The van der Waals surface area contributed by atoms with Gasteiger partial charge < -0.3 is 15.2 Å². The molecule has 0 spiro atoms. The largest absolute Gasteiger partial charge is 0.489 e. The summed E-state index contributed by atoms with van der Waals surface area (Å²) in [6.07, 6.45) is 1.70. The molecule has 2 aromatic carbocycles. The van der Waals surface area contributed by atoms with Gasteiger partial charge in [0.1, 0.15) is 12.4 Å². The fourth-order valence-corrected chi connectivity index (χ4v) is 3.58. The van der Waals surface area contributed by atoms with Crippen molar-refractivity contribution in [3.8, 4) is 11.4 Å². The number of pyridine rings is 1. The molecule has 1 fully saturated rings. The Morgan fingerprint density at radius 3 is 2.59 bits per heavy atom. The molecule has 6 nitrogen and oxygen atoms in total. The van der Waals surface area contributed by atoms with Gasteiger partial charge in [-0.05, 0) is 48.9 Å². The van der Waals surface area contributed by atoms with Crippen LogP contribution in [0.5, 0.6) is 5.75 Å². The molecule has 3 aromatic rings. The number of nitrogen functional groups attached to an aromatic ring is 1. The zero-order valence-electron chi connectivity index (χ0n) is 18.2. The fourth-order valence-electron chi connectivity index (χ4n) is 3.46. The van der Waals surface area contributed by atoms with Gasteiger partial charge >= 0.3 is 0 Å². The number of halogens is 1. The Morgan fingerprint density at radius 1 is 1.19 bits per heavy atom. The van der Waals surface area contributed by atoms with Gasteiger partial charge in [-0.1, -0.05) is 30.7 Å². The Hall–Kier alpha value is -3.09. The summed E-state index contributed by atoms with van der Waals surface area (Å²) in [4.78, 5) is 17.5. The third kappa shape index (κ3) is 5.03. The Kier molecular flexibility index (Phi) is 6.35. The van der Waals surface area contributed by atoms with Gasteiger partial charge in [0.15, 0.2) is 0 Å². The highest BCUT2D eigenvalue weighted by Gasteiger charge is 2.32. The summed E-state index contributed by atoms with van der Waals surface area (Å²) in [7, 11) is 0. The monoisotopic (exact) mass is 451 g/mol. The first kappa shape index (κ1) is 22.1. The van der Waals surface area contributed by atoms with E-state index >= 15 is 0 Å². The SMILES string of the molecule is CC(=NCC1(C)COC1)c1cc(-n2ccc(OCc3ccc(Cl)cc3)cc2=O)ccc1N. The zero-order chi connectivity index (χ0) is 22.7. The predicted octanol–water partition coefficient (Wildman–Crippen LogP) is 4.50. The van der Waals surface area contributed by atoms with E-state index in [-0.39, 0.29) is 11.0 Å². The van der Waals surface area contributed by atoms with Gasteiger partial charge in [0.2, 0.25) is 0 Å². The topological polar surface area (TPSA) is 78.8 Å². The third-order valence-electron chi connectivity index (χ3n) is 5.51. The molecule has 32 heavy (non-hydrogen) atoms. The van der Waals surface area contributed by atoms with Crippen LogP contribution < -0.4 is 16.0 Å². The Balaban J connectivity index is 1.51. The third-order valence-corrected chi connectivity index (χ3v) is 5.77. The number of aromatic nitrogens is 1. The molecule has 0 bridgehead atoms. The van der Waals surface area contributed by atoms with Crippen LogP contribution >= 0.6 is 11.6 Å². The van der Waals surface area contributed by atoms with E-state index in [1.165, 1.54) is 6.07 Å². The molecule has 1 saturated heterocycles. The van der Waals surface area contributed by atoms with Gasteiger partial charge in [0.05, 0.1) is 13.2 Å². The van der Waals surface area contributed by atoms with Crippen molar-refractivity contribution in [2.24, 2.45) is 10.4 Å². The molecule has 1 aliphatic rings. The summed E-state index contributed by atoms with van der Waals surface area (Å²) in [5.74, 6) is 0.505. The number of anilines is 1. The summed E-state index contributed by atoms with van der Waals surface area (Å²) in [6.45, 7) is 6.58. The standard InChI is InChI=1S/C25H26ClN3O3/c1-17(28-14-25(2)15-31-16-25)22-11-20(7-8-23(22)27)29-10-9-21(12-24(29)30)32-13-18-3-5-19(26)6-4-18/h3-12H,13-16,27H2,1-2H3. The summed E-state index contributed by atoms with van der Waals surface area (Å²) in [6, 6.07) is 16.2. The van der Waals surface area contributed by atoms with Gasteiger partial charge in [-0.15, -0.1) is 0 Å². The van der Waals surface area contributed by atoms with Crippen molar-refractivity contribution in [1.29, 1.82) is 0 Å². The Labute approximate surface area is 192 Å². The number of hydrogen-bond acceptors (Lipinski definition) is 5. The van der Waals surface area contributed by atoms with Crippen LogP contribution in [0.4, 0.5) is 5.69 Å². The van der Waals surface area contributed by atoms with Gasteiger partial charge in [-0.3, -0.25) is 14.4 Å². The van der Waals surface area contributed by atoms with Crippen LogP contribution in [-0.4, -0.2) is 30.0 Å². The molecule has 1 aromatic heterocycles. The van der Waals surface area contributed by atoms with Gasteiger partial charge in [-0.2, -0.15) is 0 Å². The molecule has 0 radical (unpaired) electrons. The molecule has 0 unspecified atom stereocenters. The minimum Gasteiger partial charge on any atom is -0.489 e. The van der Waals surface area contributed by atoms with E-state index in [4.69, 9.17) is 31.8 Å². The maximum atomic E-state index is 12.8. The maximum Gasteiger partial charge on any atom is 0.258 e. The number of benzene rings is 2. The first-order valence-electron chi connectivity index (χ1n) is 10.4. The quantitative estimate of drug-likeness (QED) is 0.423. The lowest BCUT2D eigenvalue weighted by Crippen LogP contribution is -2.42. The first-order valence-corrected chi connectivity index (χ1v) is 10.8. The minimum absolute atomic E-state index is 0.0897. The number of rotatable bonds is 7. The van der Waals surface area contributed by atoms with Gasteiger partial charge in [-0.25, -0.2) is 0 Å². The van der Waals surface area contributed by atoms with Crippen LogP contribution in [0.15, 0.2) is 70.6 Å². The molecule has 2 N–H and O–H groups in total. The average molecular weight is 452 g/mol. The van der Waals surface area contributed by atoms with Crippen LogP contribution in [-0.2, 0) is 11.3 Å². The van der Waals surface area contributed by atoms with Gasteiger partial charge in [0, 0.05) is 51.9 Å². The summed E-state index contributed by atoms with van der Waals surface area (Å²) in [5, 5.41) is 0.672. The second kappa shape index (κ2) is 9.18. The van der Waals surface area contributed by atoms with Crippen molar-refractivity contribution >= 4 is 23.0 Å².